The van der Waals surface area contributed by atoms with Crippen LogP contribution in [0.1, 0.15) is 46.8 Å². The predicted octanol–water partition coefficient (Wildman–Crippen LogP) is 5.91. The number of carboxylic acid groups (broad SMARTS) is 1. The molecule has 1 amide bonds. The number of para-hydroxylation sites is 2. The van der Waals surface area contributed by atoms with E-state index in [1.54, 1.807) is 12.1 Å². The van der Waals surface area contributed by atoms with Crippen LogP contribution in [0.25, 0.3) is 0 Å². The highest BCUT2D eigenvalue weighted by Crippen LogP contribution is 2.50. The first-order chi connectivity index (χ1) is 19.0. The predicted molar refractivity (Wildman–Crippen MR) is 143 cm³/mol. The van der Waals surface area contributed by atoms with Crippen LogP contribution in [-0.2, 0) is 22.8 Å². The van der Waals surface area contributed by atoms with Crippen LogP contribution in [0.4, 0.5) is 24.5 Å². The Labute approximate surface area is 229 Å². The molecule has 1 aliphatic carbocycles. The van der Waals surface area contributed by atoms with Crippen molar-refractivity contribution in [3.8, 4) is 11.5 Å². The molecule has 210 valence electrons. The van der Waals surface area contributed by atoms with Crippen LogP contribution in [0.2, 0.25) is 0 Å². The summed E-state index contributed by atoms with van der Waals surface area (Å²) in [5.74, 6) is -0.541. The van der Waals surface area contributed by atoms with E-state index in [1.807, 2.05) is 38.2 Å². The van der Waals surface area contributed by atoms with E-state index in [-0.39, 0.29) is 23.8 Å². The number of carbonyl (C=O) groups excluding carboxylic acids is 1. The van der Waals surface area contributed by atoms with E-state index in [9.17, 15) is 27.9 Å². The van der Waals surface area contributed by atoms with Gasteiger partial charge >= 0.3 is 12.1 Å². The molecule has 3 aromatic carbocycles. The van der Waals surface area contributed by atoms with E-state index in [4.69, 9.17) is 9.47 Å². The highest BCUT2D eigenvalue weighted by Gasteiger charge is 2.52. The molecular weight excluding hydrogens is 525 g/mol. The van der Waals surface area contributed by atoms with Gasteiger partial charge in [0.05, 0.1) is 28.9 Å². The number of rotatable bonds is 8. The Bertz CT molecular complexity index is 1450. The van der Waals surface area contributed by atoms with Crippen molar-refractivity contribution >= 4 is 23.3 Å². The number of fused-ring (bicyclic) bond motifs is 1. The summed E-state index contributed by atoms with van der Waals surface area (Å²) < 4.78 is 53.3. The number of amides is 1. The number of aliphatic carboxylic acids is 1. The van der Waals surface area contributed by atoms with Gasteiger partial charge in [0.2, 0.25) is 0 Å². The SMILES string of the molecule is CCc1cc(OC[C@@H]2CN(C)c3ccccc3O2)ccc1C(=O)Nc1cc(C2(C(=O)O)CC2)ccc1C(F)(F)F. The molecule has 1 aliphatic heterocycles. The van der Waals surface area contributed by atoms with Gasteiger partial charge in [-0.15, -0.1) is 0 Å². The van der Waals surface area contributed by atoms with Crippen molar-refractivity contribution in [2.24, 2.45) is 0 Å². The van der Waals surface area contributed by atoms with E-state index in [0.29, 0.717) is 37.1 Å². The van der Waals surface area contributed by atoms with Crippen LogP contribution >= 0.6 is 0 Å². The average Bonchev–Trinajstić information content (AvgIpc) is 3.74. The minimum absolute atomic E-state index is 0.204. The van der Waals surface area contributed by atoms with E-state index in [1.165, 1.54) is 12.1 Å². The third-order valence-electron chi connectivity index (χ3n) is 7.47. The lowest BCUT2D eigenvalue weighted by Crippen LogP contribution is -2.41. The summed E-state index contributed by atoms with van der Waals surface area (Å²) in [7, 11) is 1.98. The Hall–Kier alpha value is -4.21. The maximum Gasteiger partial charge on any atom is 0.418 e. The Balaban J connectivity index is 1.33. The highest BCUT2D eigenvalue weighted by molar-refractivity contribution is 6.06. The quantitative estimate of drug-likeness (QED) is 0.360. The van der Waals surface area contributed by atoms with Gasteiger partial charge in [0.15, 0.2) is 0 Å². The lowest BCUT2D eigenvalue weighted by Gasteiger charge is -2.33. The molecule has 2 N–H and O–H groups in total. The minimum atomic E-state index is -4.73. The highest BCUT2D eigenvalue weighted by atomic mass is 19.4. The molecule has 0 radical (unpaired) electrons. The molecule has 0 spiro atoms. The number of ether oxygens (including phenoxy) is 2. The van der Waals surface area contributed by atoms with Crippen LogP contribution in [0, 0.1) is 0 Å². The Morgan fingerprint density at radius 2 is 1.88 bits per heavy atom. The Morgan fingerprint density at radius 3 is 2.55 bits per heavy atom. The van der Waals surface area contributed by atoms with Crippen molar-refractivity contribution in [3.05, 3.63) is 82.9 Å². The summed E-state index contributed by atoms with van der Waals surface area (Å²) in [6, 6.07) is 15.7. The van der Waals surface area contributed by atoms with E-state index < -0.39 is 34.7 Å². The van der Waals surface area contributed by atoms with Crippen molar-refractivity contribution in [1.29, 1.82) is 0 Å². The normalized spacial score (nSPS) is 17.4. The van der Waals surface area contributed by atoms with Crippen molar-refractivity contribution in [1.82, 2.24) is 0 Å². The zero-order valence-electron chi connectivity index (χ0n) is 22.0. The molecule has 3 aromatic rings. The molecule has 2 aliphatic rings. The van der Waals surface area contributed by atoms with Gasteiger partial charge in [-0.2, -0.15) is 13.2 Å². The lowest BCUT2D eigenvalue weighted by atomic mass is 9.94. The number of alkyl halides is 3. The number of benzene rings is 3. The fraction of sp³-hybridized carbons (Fsp3) is 0.333. The third kappa shape index (κ3) is 5.30. The van der Waals surface area contributed by atoms with Gasteiger partial charge in [0.25, 0.3) is 5.91 Å². The third-order valence-corrected chi connectivity index (χ3v) is 7.47. The molecule has 10 heteroatoms. The maximum atomic E-state index is 13.7. The first kappa shape index (κ1) is 27.4. The van der Waals surface area contributed by atoms with Crippen LogP contribution in [0.3, 0.4) is 0 Å². The van der Waals surface area contributed by atoms with Gasteiger partial charge in [-0.3, -0.25) is 9.59 Å². The number of carbonyl (C=O) groups is 2. The number of hydrogen-bond donors (Lipinski definition) is 2. The summed E-state index contributed by atoms with van der Waals surface area (Å²) in [4.78, 5) is 27.0. The summed E-state index contributed by atoms with van der Waals surface area (Å²) in [6.07, 6.45) is -3.86. The number of anilines is 2. The average molecular weight is 555 g/mol. The zero-order valence-corrected chi connectivity index (χ0v) is 22.0. The van der Waals surface area contributed by atoms with Gasteiger partial charge in [-0.25, -0.2) is 0 Å². The van der Waals surface area contributed by atoms with Crippen molar-refractivity contribution < 1.29 is 37.3 Å². The van der Waals surface area contributed by atoms with Crippen molar-refractivity contribution in [3.63, 3.8) is 0 Å². The fourth-order valence-electron chi connectivity index (χ4n) is 5.08. The molecule has 1 fully saturated rings. The molecule has 7 nitrogen and oxygen atoms in total. The first-order valence-electron chi connectivity index (χ1n) is 13.0. The van der Waals surface area contributed by atoms with Crippen LogP contribution in [0.15, 0.2) is 60.7 Å². The first-order valence-corrected chi connectivity index (χ1v) is 13.0. The van der Waals surface area contributed by atoms with Gasteiger partial charge in [0, 0.05) is 12.6 Å². The number of aryl methyl sites for hydroxylation is 1. The standard InChI is InChI=1S/C30H29F3N2O5/c1-3-18-14-20(39-17-21-16-35(2)25-6-4-5-7-26(25)40-21)9-10-22(18)27(36)34-24-15-19(29(12-13-29)28(37)38)8-11-23(24)30(31,32)33/h4-11,14-15,21H,3,12-13,16-17H2,1-2H3,(H,34,36)(H,37,38)/t21-/m0/s1. The molecule has 1 saturated carbocycles. The molecule has 0 aromatic heterocycles. The molecule has 1 heterocycles. The van der Waals surface area contributed by atoms with Crippen LogP contribution < -0.4 is 19.7 Å². The molecular formula is C30H29F3N2O5. The van der Waals surface area contributed by atoms with Gasteiger partial charge < -0.3 is 24.8 Å². The summed E-state index contributed by atoms with van der Waals surface area (Å²) in [5, 5.41) is 12.0. The summed E-state index contributed by atoms with van der Waals surface area (Å²) >= 11 is 0. The van der Waals surface area contributed by atoms with Crippen molar-refractivity contribution in [2.75, 3.05) is 30.4 Å². The number of hydrogen-bond acceptors (Lipinski definition) is 5. The number of nitrogens with zero attached hydrogens (tertiary/aromatic N) is 1. The number of likely N-dealkylation sites (N-methyl/N-ethyl adjacent to an activating group) is 1. The van der Waals surface area contributed by atoms with Gasteiger partial charge in [-0.1, -0.05) is 25.1 Å². The topological polar surface area (TPSA) is 88.1 Å². The van der Waals surface area contributed by atoms with Gasteiger partial charge in [0.1, 0.15) is 24.2 Å². The molecule has 0 bridgehead atoms. The Kier molecular flexibility index (Phi) is 7.12. The van der Waals surface area contributed by atoms with Crippen LogP contribution in [-0.4, -0.2) is 43.3 Å². The second-order valence-electron chi connectivity index (χ2n) is 10.2. The number of nitrogens with one attached hydrogen (secondary N) is 1. The fourth-order valence-corrected chi connectivity index (χ4v) is 5.08. The molecule has 5 rings (SSSR count). The van der Waals surface area contributed by atoms with Crippen molar-refractivity contribution in [2.45, 2.75) is 43.9 Å². The molecule has 1 atom stereocenters. The summed E-state index contributed by atoms with van der Waals surface area (Å²) in [6.45, 7) is 2.72. The monoisotopic (exact) mass is 554 g/mol. The largest absolute Gasteiger partial charge is 0.490 e. The summed E-state index contributed by atoms with van der Waals surface area (Å²) in [5.41, 5.74) is -0.688. The number of carboxylic acids is 1. The minimum Gasteiger partial charge on any atom is -0.490 e. The molecule has 0 unspecified atom stereocenters. The molecule has 40 heavy (non-hydrogen) atoms. The second-order valence-corrected chi connectivity index (χ2v) is 10.2. The maximum absolute atomic E-state index is 13.7. The smallest absolute Gasteiger partial charge is 0.418 e. The van der Waals surface area contributed by atoms with E-state index in [0.717, 1.165) is 23.6 Å². The van der Waals surface area contributed by atoms with E-state index in [2.05, 4.69) is 10.2 Å². The lowest BCUT2D eigenvalue weighted by molar-refractivity contribution is -0.140. The molecule has 0 saturated heterocycles. The van der Waals surface area contributed by atoms with E-state index >= 15 is 0 Å². The Morgan fingerprint density at radius 1 is 1.12 bits per heavy atom. The second kappa shape index (κ2) is 10.4. The van der Waals surface area contributed by atoms with Gasteiger partial charge in [-0.05, 0) is 72.9 Å². The van der Waals surface area contributed by atoms with Crippen LogP contribution in [0.5, 0.6) is 11.5 Å². The number of halogens is 3. The zero-order chi connectivity index (χ0) is 28.7.